The number of benzene rings is 1. The molecule has 0 aliphatic heterocycles. The van der Waals surface area contributed by atoms with Crippen molar-refractivity contribution < 1.29 is 5.11 Å². The number of nitrogens with one attached hydrogen (secondary N) is 1. The summed E-state index contributed by atoms with van der Waals surface area (Å²) >= 11 is 0. The maximum atomic E-state index is 11.7. The minimum atomic E-state index is -0.676. The van der Waals surface area contributed by atoms with Gasteiger partial charge in [-0.25, -0.2) is 0 Å². The summed E-state index contributed by atoms with van der Waals surface area (Å²) in [7, 11) is 1.30. The molecule has 0 unspecified atom stereocenters. The first kappa shape index (κ1) is 11.8. The van der Waals surface area contributed by atoms with Gasteiger partial charge in [0.25, 0.3) is 0 Å². The minimum absolute atomic E-state index is 0.275. The molecule has 0 atom stereocenters. The van der Waals surface area contributed by atoms with E-state index in [4.69, 9.17) is 0 Å². The average Bonchev–Trinajstić information content (AvgIpc) is 2.78. The van der Waals surface area contributed by atoms with E-state index >= 15 is 0 Å². The van der Waals surface area contributed by atoms with Gasteiger partial charge in [-0.05, 0) is 5.56 Å². The summed E-state index contributed by atoms with van der Waals surface area (Å²) in [5.74, 6) is -0.676. The standard InChI is InChI=1S/C11H11N5O2/c1-12-10(17)9-11(18)16(15-14-9)13-7-8-5-3-2-4-6-8/h2-7,15H,1H3,(H,12,17)/p-1/b13-7+. The van der Waals surface area contributed by atoms with Gasteiger partial charge in [0.15, 0.2) is 5.69 Å². The van der Waals surface area contributed by atoms with Gasteiger partial charge >= 0.3 is 5.56 Å². The first-order chi connectivity index (χ1) is 8.72. The summed E-state index contributed by atoms with van der Waals surface area (Å²) in [4.78, 5) is 15.9. The van der Waals surface area contributed by atoms with E-state index in [0.29, 0.717) is 0 Å². The highest BCUT2D eigenvalue weighted by Gasteiger charge is 2.06. The van der Waals surface area contributed by atoms with E-state index in [1.54, 1.807) is 0 Å². The zero-order valence-corrected chi connectivity index (χ0v) is 9.57. The fraction of sp³-hybridized carbons (Fsp3) is 0.0909. The topological polar surface area (TPSA) is 98.5 Å². The molecule has 7 nitrogen and oxygen atoms in total. The Morgan fingerprint density at radius 2 is 2.17 bits per heavy atom. The SMILES string of the molecule is CN=C([O-])c1n[nH]n(/N=C/c2ccccc2)c1=O. The van der Waals surface area contributed by atoms with Crippen molar-refractivity contribution in [2.75, 3.05) is 7.05 Å². The lowest BCUT2D eigenvalue weighted by molar-refractivity contribution is -0.213. The lowest BCUT2D eigenvalue weighted by atomic mass is 10.2. The highest BCUT2D eigenvalue weighted by Crippen LogP contribution is 1.93. The zero-order valence-electron chi connectivity index (χ0n) is 9.57. The second-order valence-corrected chi connectivity index (χ2v) is 3.36. The molecule has 1 aromatic heterocycles. The van der Waals surface area contributed by atoms with Gasteiger partial charge in [-0.2, -0.15) is 15.4 Å². The van der Waals surface area contributed by atoms with Crippen molar-refractivity contribution in [3.63, 3.8) is 0 Å². The number of aromatic nitrogens is 3. The Bertz CT molecular complexity index is 639. The van der Waals surface area contributed by atoms with Gasteiger partial charge in [0.05, 0.1) is 6.21 Å². The first-order valence-corrected chi connectivity index (χ1v) is 5.13. The molecule has 2 aromatic rings. The predicted molar refractivity (Wildman–Crippen MR) is 64.7 cm³/mol. The van der Waals surface area contributed by atoms with Crippen LogP contribution in [0, 0.1) is 0 Å². The fourth-order valence-electron chi connectivity index (χ4n) is 1.28. The molecule has 0 bridgehead atoms. The van der Waals surface area contributed by atoms with Crippen LogP contribution < -0.4 is 10.7 Å². The Morgan fingerprint density at radius 3 is 2.83 bits per heavy atom. The number of hydrogen-bond donors (Lipinski definition) is 1. The molecule has 92 valence electrons. The van der Waals surface area contributed by atoms with E-state index in [0.717, 1.165) is 10.4 Å². The molecule has 0 radical (unpaired) electrons. The molecule has 0 fully saturated rings. The van der Waals surface area contributed by atoms with Crippen LogP contribution in [-0.4, -0.2) is 34.3 Å². The number of nitrogens with zero attached hydrogens (tertiary/aromatic N) is 4. The Labute approximate surface area is 102 Å². The molecule has 0 aliphatic carbocycles. The van der Waals surface area contributed by atoms with Crippen LogP contribution in [0.3, 0.4) is 0 Å². The minimum Gasteiger partial charge on any atom is -0.857 e. The zero-order chi connectivity index (χ0) is 13.0. The largest absolute Gasteiger partial charge is 0.857 e. The van der Waals surface area contributed by atoms with E-state index in [2.05, 4.69) is 20.4 Å². The van der Waals surface area contributed by atoms with Crippen LogP contribution >= 0.6 is 0 Å². The van der Waals surface area contributed by atoms with Crippen LogP contribution in [0.1, 0.15) is 11.3 Å². The van der Waals surface area contributed by atoms with Gasteiger partial charge in [0, 0.05) is 12.9 Å². The van der Waals surface area contributed by atoms with E-state index in [1.807, 2.05) is 30.3 Å². The quantitative estimate of drug-likeness (QED) is 0.564. The third kappa shape index (κ3) is 2.34. The van der Waals surface area contributed by atoms with Crippen molar-refractivity contribution in [1.82, 2.24) is 15.1 Å². The van der Waals surface area contributed by atoms with Gasteiger partial charge in [-0.1, -0.05) is 30.3 Å². The van der Waals surface area contributed by atoms with Crippen LogP contribution in [0.2, 0.25) is 0 Å². The fourth-order valence-corrected chi connectivity index (χ4v) is 1.28. The Hall–Kier alpha value is -2.70. The van der Waals surface area contributed by atoms with Crippen molar-refractivity contribution in [2.45, 2.75) is 0 Å². The van der Waals surface area contributed by atoms with E-state index in [9.17, 15) is 9.90 Å². The molecule has 0 saturated carbocycles. The average molecular weight is 244 g/mol. The Balaban J connectivity index is 2.29. The number of aromatic amines is 1. The molecule has 1 heterocycles. The predicted octanol–water partition coefficient (Wildman–Crippen LogP) is -0.810. The van der Waals surface area contributed by atoms with Gasteiger partial charge in [0.2, 0.25) is 0 Å². The molecule has 0 saturated heterocycles. The Morgan fingerprint density at radius 1 is 1.44 bits per heavy atom. The van der Waals surface area contributed by atoms with Crippen LogP contribution in [0.5, 0.6) is 0 Å². The summed E-state index contributed by atoms with van der Waals surface area (Å²) in [6.45, 7) is 0. The molecule has 0 amide bonds. The number of aliphatic imine (C=N–C) groups is 1. The lowest BCUT2D eigenvalue weighted by Crippen LogP contribution is -2.27. The normalized spacial score (nSPS) is 12.2. The number of hydrogen-bond acceptors (Lipinski definition) is 5. The van der Waals surface area contributed by atoms with E-state index in [1.165, 1.54) is 13.3 Å². The summed E-state index contributed by atoms with van der Waals surface area (Å²) in [6.07, 6.45) is 1.48. The van der Waals surface area contributed by atoms with Crippen LogP contribution in [0.4, 0.5) is 0 Å². The molecule has 7 heteroatoms. The van der Waals surface area contributed by atoms with Gasteiger partial charge in [0.1, 0.15) is 0 Å². The van der Waals surface area contributed by atoms with Gasteiger partial charge < -0.3 is 10.1 Å². The first-order valence-electron chi connectivity index (χ1n) is 5.13. The highest BCUT2D eigenvalue weighted by molar-refractivity contribution is 5.87. The van der Waals surface area contributed by atoms with Crippen molar-refractivity contribution in [2.24, 2.45) is 10.1 Å². The molecule has 1 aromatic carbocycles. The lowest BCUT2D eigenvalue weighted by Gasteiger charge is -2.01. The van der Waals surface area contributed by atoms with Crippen molar-refractivity contribution in [3.05, 3.63) is 51.9 Å². The third-order valence-corrected chi connectivity index (χ3v) is 2.18. The number of rotatable bonds is 3. The second kappa shape index (κ2) is 5.09. The van der Waals surface area contributed by atoms with Crippen LogP contribution in [0.15, 0.2) is 45.2 Å². The van der Waals surface area contributed by atoms with E-state index in [-0.39, 0.29) is 5.69 Å². The second-order valence-electron chi connectivity index (χ2n) is 3.36. The molecule has 2 rings (SSSR count). The van der Waals surface area contributed by atoms with E-state index < -0.39 is 11.5 Å². The summed E-state index contributed by atoms with van der Waals surface area (Å²) < 4.78 is 0. The monoisotopic (exact) mass is 244 g/mol. The molecule has 0 aliphatic rings. The van der Waals surface area contributed by atoms with Gasteiger partial charge in [-0.15, -0.1) is 4.79 Å². The maximum absolute atomic E-state index is 11.7. The summed E-state index contributed by atoms with van der Waals surface area (Å²) in [5, 5.41) is 21.0. The molecule has 1 N–H and O–H groups in total. The summed E-state index contributed by atoms with van der Waals surface area (Å²) in [6, 6.07) is 9.24. The molecule has 0 spiro atoms. The maximum Gasteiger partial charge on any atom is 0.316 e. The molecule has 18 heavy (non-hydrogen) atoms. The smallest absolute Gasteiger partial charge is 0.316 e. The van der Waals surface area contributed by atoms with Crippen molar-refractivity contribution in [1.29, 1.82) is 0 Å². The number of H-pyrrole nitrogens is 1. The van der Waals surface area contributed by atoms with Crippen molar-refractivity contribution >= 4 is 12.1 Å². The van der Waals surface area contributed by atoms with Crippen LogP contribution in [-0.2, 0) is 0 Å². The van der Waals surface area contributed by atoms with Crippen LogP contribution in [0.25, 0.3) is 0 Å². The highest BCUT2D eigenvalue weighted by atomic mass is 16.3. The molecular formula is C11H10N5O2-. The molecular weight excluding hydrogens is 234 g/mol. The Kier molecular flexibility index (Phi) is 3.33. The summed E-state index contributed by atoms with van der Waals surface area (Å²) in [5.41, 5.74) is -0.0763. The van der Waals surface area contributed by atoms with Crippen molar-refractivity contribution in [3.8, 4) is 0 Å². The van der Waals surface area contributed by atoms with Gasteiger partial charge in [-0.3, -0.25) is 4.79 Å². The third-order valence-electron chi connectivity index (χ3n) is 2.18.